The molecule has 3 rings (SSSR count). The molecule has 3 aromatic rings. The van der Waals surface area contributed by atoms with Gasteiger partial charge in [0.15, 0.2) is 11.1 Å². The van der Waals surface area contributed by atoms with Crippen molar-refractivity contribution in [3.8, 4) is 11.3 Å². The maximum atomic E-state index is 13.1. The third-order valence-corrected chi connectivity index (χ3v) is 3.52. The van der Waals surface area contributed by atoms with Crippen molar-refractivity contribution in [1.82, 2.24) is 4.98 Å². The smallest absolute Gasteiger partial charge is 0.434 e. The van der Waals surface area contributed by atoms with E-state index < -0.39 is 29.7 Å². The summed E-state index contributed by atoms with van der Waals surface area (Å²) in [6, 6.07) is 7.72. The molecule has 2 heterocycles. The number of carboxylic acids is 1. The summed E-state index contributed by atoms with van der Waals surface area (Å²) in [4.78, 5) is 26.5. The van der Waals surface area contributed by atoms with Crippen molar-refractivity contribution in [2.75, 3.05) is 0 Å². The number of rotatable bonds is 3. The van der Waals surface area contributed by atoms with Gasteiger partial charge in [0.1, 0.15) is 11.3 Å². The Morgan fingerprint density at radius 3 is 2.64 bits per heavy atom. The van der Waals surface area contributed by atoms with Gasteiger partial charge in [0.05, 0.1) is 11.8 Å². The Morgan fingerprint density at radius 2 is 1.96 bits per heavy atom. The third-order valence-electron chi connectivity index (χ3n) is 3.52. The third kappa shape index (κ3) is 3.23. The monoisotopic (exact) mass is 349 g/mol. The molecule has 0 amide bonds. The molecule has 1 N–H and O–H groups in total. The zero-order valence-corrected chi connectivity index (χ0v) is 12.5. The van der Waals surface area contributed by atoms with E-state index in [1.54, 1.807) is 0 Å². The highest BCUT2D eigenvalue weighted by Gasteiger charge is 2.36. The Balaban J connectivity index is 2.30. The molecule has 5 nitrogen and oxygen atoms in total. The number of hydrogen-bond donors (Lipinski definition) is 1. The quantitative estimate of drug-likeness (QED) is 0.783. The summed E-state index contributed by atoms with van der Waals surface area (Å²) in [6.07, 6.45) is -4.17. The Hall–Kier alpha value is -3.16. The van der Waals surface area contributed by atoms with E-state index >= 15 is 0 Å². The molecular weight excluding hydrogens is 339 g/mol. The molecule has 0 saturated carbocycles. The molecule has 0 aliphatic heterocycles. The first kappa shape index (κ1) is 16.7. The van der Waals surface area contributed by atoms with Crippen LogP contribution in [0.2, 0.25) is 0 Å². The number of halogens is 3. The van der Waals surface area contributed by atoms with Crippen molar-refractivity contribution in [2.24, 2.45) is 0 Å². The van der Waals surface area contributed by atoms with Crippen LogP contribution in [0, 0.1) is 0 Å². The molecule has 0 spiro atoms. The second-order valence-corrected chi connectivity index (χ2v) is 5.24. The predicted molar refractivity (Wildman–Crippen MR) is 82.1 cm³/mol. The fourth-order valence-corrected chi connectivity index (χ4v) is 2.50. The lowest BCUT2D eigenvalue weighted by molar-refractivity contribution is -0.140. The van der Waals surface area contributed by atoms with Crippen molar-refractivity contribution in [2.45, 2.75) is 12.6 Å². The van der Waals surface area contributed by atoms with Gasteiger partial charge in [-0.1, -0.05) is 12.1 Å². The minimum Gasteiger partial charge on any atom is -0.481 e. The summed E-state index contributed by atoms with van der Waals surface area (Å²) in [7, 11) is 0. The van der Waals surface area contributed by atoms with Crippen LogP contribution in [0.25, 0.3) is 22.3 Å². The lowest BCUT2D eigenvalue weighted by Gasteiger charge is -2.11. The van der Waals surface area contributed by atoms with E-state index in [0.29, 0.717) is 0 Å². The second kappa shape index (κ2) is 6.04. The normalized spacial score (nSPS) is 11.6. The van der Waals surface area contributed by atoms with E-state index in [1.807, 2.05) is 0 Å². The molecule has 128 valence electrons. The van der Waals surface area contributed by atoms with Crippen molar-refractivity contribution >= 4 is 16.9 Å². The molecule has 0 unspecified atom stereocenters. The number of aromatic nitrogens is 1. The molecule has 8 heteroatoms. The van der Waals surface area contributed by atoms with Gasteiger partial charge < -0.3 is 9.52 Å². The number of nitrogens with zero attached hydrogens (tertiary/aromatic N) is 1. The lowest BCUT2D eigenvalue weighted by Crippen LogP contribution is -2.11. The Morgan fingerprint density at radius 1 is 1.20 bits per heavy atom. The van der Waals surface area contributed by atoms with E-state index in [9.17, 15) is 22.8 Å². The summed E-state index contributed by atoms with van der Waals surface area (Å²) in [6.45, 7) is 0. The van der Waals surface area contributed by atoms with Gasteiger partial charge in [0, 0.05) is 23.4 Å². The van der Waals surface area contributed by atoms with E-state index in [-0.39, 0.29) is 27.9 Å². The number of carboxylic acid groups (broad SMARTS) is 1. The number of carbonyl (C=O) groups is 1. The Bertz CT molecular complexity index is 1020. The zero-order chi connectivity index (χ0) is 18.2. The molecule has 0 aliphatic carbocycles. The minimum absolute atomic E-state index is 0.0515. The number of aliphatic carboxylic acids is 1. The number of alkyl halides is 3. The average Bonchev–Trinajstić information content (AvgIpc) is 2.54. The van der Waals surface area contributed by atoms with Crippen LogP contribution in [0.15, 0.2) is 51.8 Å². The number of para-hydroxylation sites is 1. The zero-order valence-electron chi connectivity index (χ0n) is 12.5. The molecule has 0 aliphatic rings. The van der Waals surface area contributed by atoms with Gasteiger partial charge in [-0.25, -0.2) is 0 Å². The Kier molecular flexibility index (Phi) is 4.03. The van der Waals surface area contributed by atoms with Gasteiger partial charge >= 0.3 is 12.1 Å². The highest BCUT2D eigenvalue weighted by Crippen LogP contribution is 2.35. The fraction of sp³-hybridized carbons (Fsp3) is 0.118. The maximum absolute atomic E-state index is 13.1. The van der Waals surface area contributed by atoms with Gasteiger partial charge in [-0.15, -0.1) is 0 Å². The van der Waals surface area contributed by atoms with Crippen LogP contribution in [-0.2, 0) is 17.4 Å². The second-order valence-electron chi connectivity index (χ2n) is 5.24. The van der Waals surface area contributed by atoms with Crippen LogP contribution in [0.4, 0.5) is 13.2 Å². The summed E-state index contributed by atoms with van der Waals surface area (Å²) in [5.41, 5.74) is -2.00. The van der Waals surface area contributed by atoms with Crippen molar-refractivity contribution in [3.63, 3.8) is 0 Å². The highest BCUT2D eigenvalue weighted by atomic mass is 19.4. The highest BCUT2D eigenvalue weighted by molar-refractivity contribution is 5.85. The number of fused-ring (bicyclic) bond motifs is 1. The van der Waals surface area contributed by atoms with Crippen LogP contribution < -0.4 is 5.43 Å². The minimum atomic E-state index is -4.73. The molecule has 0 fully saturated rings. The van der Waals surface area contributed by atoms with Crippen LogP contribution in [0.5, 0.6) is 0 Å². The predicted octanol–water partition coefficient (Wildman–Crippen LogP) is 3.50. The van der Waals surface area contributed by atoms with Gasteiger partial charge in [0.2, 0.25) is 0 Å². The average molecular weight is 349 g/mol. The van der Waals surface area contributed by atoms with Gasteiger partial charge in [-0.3, -0.25) is 14.6 Å². The first-order valence-corrected chi connectivity index (χ1v) is 7.07. The van der Waals surface area contributed by atoms with Crippen molar-refractivity contribution in [1.29, 1.82) is 0 Å². The molecule has 1 aromatic carbocycles. The molecule has 0 bridgehead atoms. The molecule has 25 heavy (non-hydrogen) atoms. The van der Waals surface area contributed by atoms with Crippen LogP contribution in [0.3, 0.4) is 0 Å². The number of hydrogen-bond acceptors (Lipinski definition) is 4. The molecule has 0 saturated heterocycles. The van der Waals surface area contributed by atoms with E-state index in [4.69, 9.17) is 9.52 Å². The SMILES string of the molecule is O=C(O)Cc1cccc2c(=O)cc(-c3cccnc3C(F)(F)F)oc12. The fourth-order valence-electron chi connectivity index (χ4n) is 2.50. The van der Waals surface area contributed by atoms with Crippen LogP contribution in [-0.4, -0.2) is 16.1 Å². The first-order valence-electron chi connectivity index (χ1n) is 7.07. The Labute approximate surface area is 138 Å². The molecule has 0 radical (unpaired) electrons. The number of pyridine rings is 1. The van der Waals surface area contributed by atoms with E-state index in [0.717, 1.165) is 18.3 Å². The van der Waals surface area contributed by atoms with Crippen LogP contribution in [0.1, 0.15) is 11.3 Å². The molecule has 0 atom stereocenters. The topological polar surface area (TPSA) is 80.4 Å². The number of benzene rings is 1. The van der Waals surface area contributed by atoms with E-state index in [1.165, 1.54) is 24.3 Å². The summed E-state index contributed by atoms with van der Waals surface area (Å²) >= 11 is 0. The lowest BCUT2D eigenvalue weighted by atomic mass is 10.1. The first-order chi connectivity index (χ1) is 11.8. The van der Waals surface area contributed by atoms with Gasteiger partial charge in [-0.2, -0.15) is 13.2 Å². The summed E-state index contributed by atoms with van der Waals surface area (Å²) in [5.74, 6) is -1.48. The summed E-state index contributed by atoms with van der Waals surface area (Å²) < 4.78 is 44.9. The van der Waals surface area contributed by atoms with Gasteiger partial charge in [0.25, 0.3) is 0 Å². The largest absolute Gasteiger partial charge is 0.481 e. The van der Waals surface area contributed by atoms with E-state index in [2.05, 4.69) is 4.98 Å². The van der Waals surface area contributed by atoms with Gasteiger partial charge in [-0.05, 0) is 18.2 Å². The van der Waals surface area contributed by atoms with Crippen molar-refractivity contribution < 1.29 is 27.5 Å². The maximum Gasteiger partial charge on any atom is 0.434 e. The van der Waals surface area contributed by atoms with Crippen molar-refractivity contribution in [3.05, 3.63) is 64.1 Å². The standard InChI is InChI=1S/C17H10F3NO4/c18-17(19,20)16-11(5-2-6-21-16)13-8-12(22)10-4-1-3-9(7-14(23)24)15(10)25-13/h1-6,8H,7H2,(H,23,24). The summed E-state index contributed by atoms with van der Waals surface area (Å²) in [5, 5.41) is 9.05. The molecular formula is C17H10F3NO4. The molecule has 2 aromatic heterocycles. The van der Waals surface area contributed by atoms with Crippen LogP contribution >= 0.6 is 0 Å².